The summed E-state index contributed by atoms with van der Waals surface area (Å²) in [6.45, 7) is 8.48. The fraction of sp³-hybridized carbons (Fsp3) is 0.471. The number of nitrogens with zero attached hydrogens (tertiary/aromatic N) is 2. The number of phenolic OH excluding ortho intramolecular Hbond substituents is 1. The van der Waals surface area contributed by atoms with Crippen molar-refractivity contribution in [3.8, 4) is 5.75 Å². The van der Waals surface area contributed by atoms with Crippen LogP contribution in [0.15, 0.2) is 18.2 Å². The SMILES string of the molecule is Cc1nn(C(C)C)c(C)c1NC1CCc2cc(O)ccc21. The summed E-state index contributed by atoms with van der Waals surface area (Å²) in [5, 5.41) is 17.9. The normalized spacial score (nSPS) is 17.3. The predicted octanol–water partition coefficient (Wildman–Crippen LogP) is 3.89. The van der Waals surface area contributed by atoms with Crippen molar-refractivity contribution in [2.75, 3.05) is 5.32 Å². The molecule has 0 bridgehead atoms. The van der Waals surface area contributed by atoms with Crippen LogP contribution in [-0.2, 0) is 6.42 Å². The molecule has 0 aliphatic heterocycles. The van der Waals surface area contributed by atoms with Gasteiger partial charge in [-0.15, -0.1) is 0 Å². The van der Waals surface area contributed by atoms with Crippen molar-refractivity contribution in [2.45, 2.75) is 52.6 Å². The van der Waals surface area contributed by atoms with Crippen LogP contribution >= 0.6 is 0 Å². The van der Waals surface area contributed by atoms with Crippen molar-refractivity contribution in [1.82, 2.24) is 9.78 Å². The van der Waals surface area contributed by atoms with Gasteiger partial charge in [0.05, 0.1) is 23.1 Å². The van der Waals surface area contributed by atoms with Gasteiger partial charge in [0.15, 0.2) is 0 Å². The van der Waals surface area contributed by atoms with Crippen LogP contribution in [0, 0.1) is 13.8 Å². The molecule has 1 unspecified atom stereocenters. The minimum Gasteiger partial charge on any atom is -0.508 e. The van der Waals surface area contributed by atoms with Gasteiger partial charge in [-0.05, 0) is 63.8 Å². The number of fused-ring (bicyclic) bond motifs is 1. The van der Waals surface area contributed by atoms with Crippen LogP contribution < -0.4 is 5.32 Å². The van der Waals surface area contributed by atoms with Gasteiger partial charge >= 0.3 is 0 Å². The molecule has 3 rings (SSSR count). The van der Waals surface area contributed by atoms with Crippen LogP contribution in [0.4, 0.5) is 5.69 Å². The molecular weight excluding hydrogens is 262 g/mol. The molecule has 1 atom stereocenters. The smallest absolute Gasteiger partial charge is 0.115 e. The second-order valence-electron chi connectivity index (χ2n) is 6.20. The molecule has 0 spiro atoms. The van der Waals surface area contributed by atoms with Crippen molar-refractivity contribution >= 4 is 5.69 Å². The standard InChI is InChI=1S/C17H23N3O/c1-10(2)20-12(4)17(11(3)19-20)18-16-8-5-13-9-14(21)6-7-15(13)16/h6-7,9-10,16,18,21H,5,8H2,1-4H3. The topological polar surface area (TPSA) is 50.1 Å². The lowest BCUT2D eigenvalue weighted by Gasteiger charge is -2.16. The third-order valence-electron chi connectivity index (χ3n) is 4.34. The summed E-state index contributed by atoms with van der Waals surface area (Å²) in [5.41, 5.74) is 5.93. The van der Waals surface area contributed by atoms with Gasteiger partial charge in [-0.3, -0.25) is 4.68 Å². The Morgan fingerprint density at radius 2 is 2.10 bits per heavy atom. The molecule has 1 aromatic heterocycles. The van der Waals surface area contributed by atoms with E-state index in [1.54, 1.807) is 6.07 Å². The zero-order chi connectivity index (χ0) is 15.1. The van der Waals surface area contributed by atoms with E-state index in [1.807, 2.05) is 12.1 Å². The maximum atomic E-state index is 9.59. The molecule has 2 N–H and O–H groups in total. The zero-order valence-electron chi connectivity index (χ0n) is 13.1. The number of aryl methyl sites for hydroxylation is 2. The molecule has 0 saturated heterocycles. The van der Waals surface area contributed by atoms with E-state index in [4.69, 9.17) is 0 Å². The number of benzene rings is 1. The highest BCUT2D eigenvalue weighted by molar-refractivity contribution is 5.55. The molecule has 4 heteroatoms. The number of hydrogen-bond donors (Lipinski definition) is 2. The summed E-state index contributed by atoms with van der Waals surface area (Å²) >= 11 is 0. The Labute approximate surface area is 125 Å². The zero-order valence-corrected chi connectivity index (χ0v) is 13.1. The molecule has 2 aromatic rings. The number of anilines is 1. The van der Waals surface area contributed by atoms with Gasteiger partial charge < -0.3 is 10.4 Å². The molecule has 112 valence electrons. The van der Waals surface area contributed by atoms with E-state index in [-0.39, 0.29) is 0 Å². The lowest BCUT2D eigenvalue weighted by Crippen LogP contribution is -2.09. The average molecular weight is 285 g/mol. The lowest BCUT2D eigenvalue weighted by atomic mass is 10.1. The summed E-state index contributed by atoms with van der Waals surface area (Å²) in [4.78, 5) is 0. The fourth-order valence-electron chi connectivity index (χ4n) is 3.30. The van der Waals surface area contributed by atoms with E-state index >= 15 is 0 Å². The molecule has 4 nitrogen and oxygen atoms in total. The Kier molecular flexibility index (Phi) is 3.40. The summed E-state index contributed by atoms with van der Waals surface area (Å²) in [6.07, 6.45) is 2.07. The number of aromatic nitrogens is 2. The number of rotatable bonds is 3. The summed E-state index contributed by atoms with van der Waals surface area (Å²) in [5.74, 6) is 0.356. The Morgan fingerprint density at radius 1 is 1.33 bits per heavy atom. The quantitative estimate of drug-likeness (QED) is 0.899. The van der Waals surface area contributed by atoms with Gasteiger partial charge in [0.25, 0.3) is 0 Å². The van der Waals surface area contributed by atoms with Crippen LogP contribution in [0.3, 0.4) is 0 Å². The van der Waals surface area contributed by atoms with Crippen LogP contribution in [-0.4, -0.2) is 14.9 Å². The molecule has 0 radical (unpaired) electrons. The molecular formula is C17H23N3O. The highest BCUT2D eigenvalue weighted by Crippen LogP contribution is 2.37. The van der Waals surface area contributed by atoms with Gasteiger partial charge in [-0.25, -0.2) is 0 Å². The summed E-state index contributed by atoms with van der Waals surface area (Å²) in [7, 11) is 0. The molecule has 1 aliphatic carbocycles. The van der Waals surface area contributed by atoms with Crippen molar-refractivity contribution in [3.63, 3.8) is 0 Å². The molecule has 0 saturated carbocycles. The number of hydrogen-bond acceptors (Lipinski definition) is 3. The van der Waals surface area contributed by atoms with Crippen molar-refractivity contribution in [3.05, 3.63) is 40.7 Å². The van der Waals surface area contributed by atoms with Crippen LogP contribution in [0.1, 0.15) is 54.9 Å². The Morgan fingerprint density at radius 3 is 2.76 bits per heavy atom. The maximum Gasteiger partial charge on any atom is 0.115 e. The first-order chi connectivity index (χ1) is 9.97. The van der Waals surface area contributed by atoms with Crippen molar-refractivity contribution in [2.24, 2.45) is 0 Å². The Balaban J connectivity index is 1.90. The number of phenols is 1. The van der Waals surface area contributed by atoms with E-state index in [2.05, 4.69) is 42.8 Å². The van der Waals surface area contributed by atoms with Crippen molar-refractivity contribution < 1.29 is 5.11 Å². The molecule has 1 aromatic carbocycles. The van der Waals surface area contributed by atoms with Crippen LogP contribution in [0.25, 0.3) is 0 Å². The van der Waals surface area contributed by atoms with Gasteiger partial charge in [-0.1, -0.05) is 6.07 Å². The highest BCUT2D eigenvalue weighted by atomic mass is 16.3. The Hall–Kier alpha value is -1.97. The first kappa shape index (κ1) is 14.0. The summed E-state index contributed by atoms with van der Waals surface area (Å²) in [6, 6.07) is 6.37. The molecule has 0 amide bonds. The van der Waals surface area contributed by atoms with Gasteiger partial charge in [0, 0.05) is 6.04 Å². The van der Waals surface area contributed by atoms with Crippen LogP contribution in [0.5, 0.6) is 5.75 Å². The summed E-state index contributed by atoms with van der Waals surface area (Å²) < 4.78 is 2.07. The minimum atomic E-state index is 0.308. The van der Waals surface area contributed by atoms with Gasteiger partial charge in [0.1, 0.15) is 5.75 Å². The maximum absolute atomic E-state index is 9.59. The minimum absolute atomic E-state index is 0.308. The third kappa shape index (κ3) is 2.39. The van der Waals surface area contributed by atoms with Crippen molar-refractivity contribution in [1.29, 1.82) is 0 Å². The lowest BCUT2D eigenvalue weighted by molar-refractivity contribution is 0.474. The fourth-order valence-corrected chi connectivity index (χ4v) is 3.30. The number of nitrogens with one attached hydrogen (secondary N) is 1. The van der Waals surface area contributed by atoms with Gasteiger partial charge in [-0.2, -0.15) is 5.10 Å². The second-order valence-corrected chi connectivity index (χ2v) is 6.20. The van der Waals surface area contributed by atoms with Crippen LogP contribution in [0.2, 0.25) is 0 Å². The number of aromatic hydroxyl groups is 1. The molecule has 1 heterocycles. The molecule has 21 heavy (non-hydrogen) atoms. The first-order valence-corrected chi connectivity index (χ1v) is 7.61. The second kappa shape index (κ2) is 5.10. The Bertz CT molecular complexity index is 673. The van der Waals surface area contributed by atoms with E-state index in [0.29, 0.717) is 17.8 Å². The average Bonchev–Trinajstić information content (AvgIpc) is 2.94. The predicted molar refractivity (Wildman–Crippen MR) is 84.9 cm³/mol. The molecule has 1 aliphatic rings. The van der Waals surface area contributed by atoms with E-state index < -0.39 is 0 Å². The highest BCUT2D eigenvalue weighted by Gasteiger charge is 2.25. The van der Waals surface area contributed by atoms with E-state index in [0.717, 1.165) is 24.2 Å². The van der Waals surface area contributed by atoms with E-state index in [9.17, 15) is 5.11 Å². The molecule has 0 fully saturated rings. The van der Waals surface area contributed by atoms with Gasteiger partial charge in [0.2, 0.25) is 0 Å². The largest absolute Gasteiger partial charge is 0.508 e. The van der Waals surface area contributed by atoms with E-state index in [1.165, 1.54) is 16.8 Å². The first-order valence-electron chi connectivity index (χ1n) is 7.61. The monoisotopic (exact) mass is 285 g/mol. The third-order valence-corrected chi connectivity index (χ3v) is 4.34.